The fourth-order valence-electron chi connectivity index (χ4n) is 1.27. The van der Waals surface area contributed by atoms with Crippen LogP contribution in [0.25, 0.3) is 5.65 Å². The highest BCUT2D eigenvalue weighted by molar-refractivity contribution is 5.85. The number of ether oxygens (including phenoxy) is 1. The Morgan fingerprint density at radius 2 is 2.33 bits per heavy atom. The van der Waals surface area contributed by atoms with Gasteiger partial charge in [0, 0.05) is 6.20 Å². The Bertz CT molecular complexity index is 504. The number of rotatable bonds is 2. The molecule has 0 bridgehead atoms. The van der Waals surface area contributed by atoms with E-state index in [1.54, 1.807) is 11.4 Å². The molecule has 0 aliphatic heterocycles. The second-order valence-electron chi connectivity index (χ2n) is 3.17. The smallest absolute Gasteiger partial charge is 0.378 e. The highest BCUT2D eigenvalue weighted by Crippen LogP contribution is 2.04. The van der Waals surface area contributed by atoms with Gasteiger partial charge in [-0.2, -0.15) is 0 Å². The lowest BCUT2D eigenvalue weighted by atomic mass is 10.3. The Hall–Kier alpha value is -1.91. The number of aryl methyl sites for hydroxylation is 1. The molecule has 15 heavy (non-hydrogen) atoms. The SMILES string of the molecule is CCOC(=O)c1nc2ccc(C)cn2n1. The van der Waals surface area contributed by atoms with Crippen LogP contribution in [0, 0.1) is 6.92 Å². The van der Waals surface area contributed by atoms with Crippen molar-refractivity contribution in [2.24, 2.45) is 0 Å². The Balaban J connectivity index is 2.42. The Labute approximate surface area is 86.7 Å². The van der Waals surface area contributed by atoms with Crippen molar-refractivity contribution in [3.05, 3.63) is 29.7 Å². The largest absolute Gasteiger partial charge is 0.460 e. The van der Waals surface area contributed by atoms with E-state index in [2.05, 4.69) is 10.1 Å². The molecule has 0 saturated carbocycles. The van der Waals surface area contributed by atoms with Crippen LogP contribution in [0.5, 0.6) is 0 Å². The summed E-state index contributed by atoms with van der Waals surface area (Å²) in [5, 5.41) is 4.02. The lowest BCUT2D eigenvalue weighted by Crippen LogP contribution is -2.06. The van der Waals surface area contributed by atoms with E-state index in [0.717, 1.165) is 5.56 Å². The van der Waals surface area contributed by atoms with Crippen molar-refractivity contribution in [1.29, 1.82) is 0 Å². The van der Waals surface area contributed by atoms with Gasteiger partial charge in [-0.05, 0) is 25.5 Å². The summed E-state index contributed by atoms with van der Waals surface area (Å²) in [5.74, 6) is -0.388. The molecule has 0 radical (unpaired) electrons. The van der Waals surface area contributed by atoms with Crippen LogP contribution in [0.1, 0.15) is 23.1 Å². The fraction of sp³-hybridized carbons (Fsp3) is 0.300. The van der Waals surface area contributed by atoms with Gasteiger partial charge in [0.25, 0.3) is 5.82 Å². The fourth-order valence-corrected chi connectivity index (χ4v) is 1.27. The van der Waals surface area contributed by atoms with Crippen LogP contribution in [0.4, 0.5) is 0 Å². The van der Waals surface area contributed by atoms with E-state index in [1.165, 1.54) is 0 Å². The molecular formula is C10H11N3O2. The molecule has 5 nitrogen and oxygen atoms in total. The molecule has 2 aromatic heterocycles. The molecule has 0 amide bonds. The summed E-state index contributed by atoms with van der Waals surface area (Å²) in [4.78, 5) is 15.4. The van der Waals surface area contributed by atoms with Crippen LogP contribution in [0.2, 0.25) is 0 Å². The molecule has 5 heteroatoms. The maximum atomic E-state index is 11.3. The van der Waals surface area contributed by atoms with Crippen LogP contribution in [-0.4, -0.2) is 27.2 Å². The van der Waals surface area contributed by atoms with Gasteiger partial charge >= 0.3 is 5.97 Å². The average molecular weight is 205 g/mol. The van der Waals surface area contributed by atoms with E-state index in [9.17, 15) is 4.79 Å². The van der Waals surface area contributed by atoms with Crippen LogP contribution >= 0.6 is 0 Å². The number of esters is 1. The quantitative estimate of drug-likeness (QED) is 0.691. The third-order valence-corrected chi connectivity index (χ3v) is 1.94. The van der Waals surface area contributed by atoms with Gasteiger partial charge in [-0.15, -0.1) is 5.10 Å². The molecule has 0 saturated heterocycles. The van der Waals surface area contributed by atoms with Crippen molar-refractivity contribution in [3.63, 3.8) is 0 Å². The highest BCUT2D eigenvalue weighted by Gasteiger charge is 2.13. The molecule has 0 unspecified atom stereocenters. The zero-order valence-corrected chi connectivity index (χ0v) is 8.60. The van der Waals surface area contributed by atoms with E-state index >= 15 is 0 Å². The van der Waals surface area contributed by atoms with Gasteiger partial charge in [0.1, 0.15) is 0 Å². The number of carbonyl (C=O) groups excluding carboxylic acids is 1. The second kappa shape index (κ2) is 3.68. The zero-order valence-electron chi connectivity index (χ0n) is 8.60. The third-order valence-electron chi connectivity index (χ3n) is 1.94. The summed E-state index contributed by atoms with van der Waals surface area (Å²) in [6.45, 7) is 4.02. The molecule has 0 fully saturated rings. The van der Waals surface area contributed by atoms with Crippen molar-refractivity contribution in [2.75, 3.05) is 6.61 Å². The monoisotopic (exact) mass is 205 g/mol. The molecule has 0 aliphatic carbocycles. The first-order valence-electron chi connectivity index (χ1n) is 4.71. The van der Waals surface area contributed by atoms with Crippen molar-refractivity contribution < 1.29 is 9.53 Å². The molecule has 0 atom stereocenters. The van der Waals surface area contributed by atoms with Crippen molar-refractivity contribution in [1.82, 2.24) is 14.6 Å². The number of aromatic nitrogens is 3. The summed E-state index contributed by atoms with van der Waals surface area (Å²) in [6, 6.07) is 3.73. The molecule has 0 spiro atoms. The van der Waals surface area contributed by atoms with Gasteiger partial charge in [-0.1, -0.05) is 6.07 Å². The first-order chi connectivity index (χ1) is 7.20. The minimum absolute atomic E-state index is 0.0995. The Morgan fingerprint density at radius 1 is 1.53 bits per heavy atom. The Morgan fingerprint density at radius 3 is 3.07 bits per heavy atom. The second-order valence-corrected chi connectivity index (χ2v) is 3.17. The van der Waals surface area contributed by atoms with Crippen molar-refractivity contribution in [2.45, 2.75) is 13.8 Å². The third kappa shape index (κ3) is 1.81. The Kier molecular flexibility index (Phi) is 2.37. The van der Waals surface area contributed by atoms with Gasteiger partial charge in [0.15, 0.2) is 5.65 Å². The van der Waals surface area contributed by atoms with Crippen LogP contribution in [0.3, 0.4) is 0 Å². The maximum Gasteiger partial charge on any atom is 0.378 e. The number of nitrogens with zero attached hydrogens (tertiary/aromatic N) is 3. The van der Waals surface area contributed by atoms with Crippen molar-refractivity contribution >= 4 is 11.6 Å². The molecule has 2 heterocycles. The van der Waals surface area contributed by atoms with E-state index in [1.807, 2.05) is 25.3 Å². The van der Waals surface area contributed by atoms with Crippen molar-refractivity contribution in [3.8, 4) is 0 Å². The summed E-state index contributed by atoms with van der Waals surface area (Å²) < 4.78 is 6.38. The molecule has 2 aromatic rings. The maximum absolute atomic E-state index is 11.3. The normalized spacial score (nSPS) is 10.5. The van der Waals surface area contributed by atoms with Gasteiger partial charge in [0.05, 0.1) is 6.61 Å². The molecule has 0 N–H and O–H groups in total. The van der Waals surface area contributed by atoms with E-state index in [0.29, 0.717) is 12.3 Å². The number of hydrogen-bond donors (Lipinski definition) is 0. The lowest BCUT2D eigenvalue weighted by molar-refractivity contribution is 0.0512. The average Bonchev–Trinajstić information content (AvgIpc) is 2.60. The van der Waals surface area contributed by atoms with E-state index in [4.69, 9.17) is 4.74 Å². The number of carbonyl (C=O) groups is 1. The topological polar surface area (TPSA) is 56.5 Å². The van der Waals surface area contributed by atoms with Crippen LogP contribution < -0.4 is 0 Å². The van der Waals surface area contributed by atoms with Crippen LogP contribution in [0.15, 0.2) is 18.3 Å². The van der Waals surface area contributed by atoms with E-state index < -0.39 is 5.97 Å². The number of pyridine rings is 1. The molecule has 2 rings (SSSR count). The van der Waals surface area contributed by atoms with Gasteiger partial charge < -0.3 is 4.74 Å². The highest BCUT2D eigenvalue weighted by atomic mass is 16.5. The number of fused-ring (bicyclic) bond motifs is 1. The summed E-state index contributed by atoms with van der Waals surface area (Å²) in [7, 11) is 0. The minimum Gasteiger partial charge on any atom is -0.460 e. The predicted molar refractivity (Wildman–Crippen MR) is 53.7 cm³/mol. The summed E-state index contributed by atoms with van der Waals surface area (Å²) in [6.07, 6.45) is 1.81. The first-order valence-corrected chi connectivity index (χ1v) is 4.71. The predicted octanol–water partition coefficient (Wildman–Crippen LogP) is 1.21. The standard InChI is InChI=1S/C10H11N3O2/c1-3-15-10(14)9-11-8-5-4-7(2)6-13(8)12-9/h4-6H,3H2,1-2H3. The zero-order chi connectivity index (χ0) is 10.8. The minimum atomic E-state index is -0.487. The molecule has 0 aromatic carbocycles. The molecule has 0 aliphatic rings. The number of hydrogen-bond acceptors (Lipinski definition) is 4. The lowest BCUT2D eigenvalue weighted by Gasteiger charge is -1.94. The molecule has 78 valence electrons. The summed E-state index contributed by atoms with van der Waals surface area (Å²) in [5.41, 5.74) is 1.70. The van der Waals surface area contributed by atoms with Gasteiger partial charge in [-0.25, -0.2) is 14.3 Å². The van der Waals surface area contributed by atoms with Gasteiger partial charge in [0.2, 0.25) is 0 Å². The summed E-state index contributed by atoms with van der Waals surface area (Å²) >= 11 is 0. The van der Waals surface area contributed by atoms with E-state index in [-0.39, 0.29) is 5.82 Å². The first kappa shape index (κ1) is 9.64. The molecular weight excluding hydrogens is 194 g/mol. The van der Waals surface area contributed by atoms with Gasteiger partial charge in [-0.3, -0.25) is 0 Å². The van der Waals surface area contributed by atoms with Crippen LogP contribution in [-0.2, 0) is 4.74 Å².